The first-order valence-corrected chi connectivity index (χ1v) is 7.00. The predicted molar refractivity (Wildman–Crippen MR) is 70.3 cm³/mol. The fourth-order valence-electron chi connectivity index (χ4n) is 2.19. The molecule has 0 aliphatic carbocycles. The molecule has 0 aliphatic heterocycles. The Labute approximate surface area is 97.0 Å². The molecule has 0 aromatic heterocycles. The summed E-state index contributed by atoms with van der Waals surface area (Å²) in [6, 6.07) is 1.47. The zero-order valence-electron chi connectivity index (χ0n) is 11.3. The van der Waals surface area contributed by atoms with Crippen LogP contribution in [0.2, 0.25) is 0 Å². The Hall–Kier alpha value is -0.0400. The van der Waals surface area contributed by atoms with Gasteiger partial charge in [0, 0.05) is 12.1 Å². The minimum atomic E-state index is 0.708. The van der Waals surface area contributed by atoms with E-state index in [2.05, 4.69) is 33.0 Å². The number of unbranched alkanes of at least 4 members (excludes halogenated alkanes) is 2. The van der Waals surface area contributed by atoms with Crippen molar-refractivity contribution in [3.8, 4) is 0 Å². The molecule has 0 radical (unpaired) electrons. The van der Waals surface area contributed by atoms with E-state index in [0.29, 0.717) is 6.04 Å². The number of rotatable bonds is 10. The normalized spacial score (nSPS) is 13.4. The Morgan fingerprint density at radius 2 is 1.40 bits per heavy atom. The van der Waals surface area contributed by atoms with Crippen LogP contribution >= 0.6 is 0 Å². The highest BCUT2D eigenvalue weighted by Gasteiger charge is 2.09. The van der Waals surface area contributed by atoms with E-state index in [0.717, 1.165) is 6.04 Å². The van der Waals surface area contributed by atoms with Gasteiger partial charge in [-0.1, -0.05) is 52.9 Å². The highest BCUT2D eigenvalue weighted by Crippen LogP contribution is 2.09. The highest BCUT2D eigenvalue weighted by molar-refractivity contribution is 4.70. The van der Waals surface area contributed by atoms with Crippen LogP contribution in [0.3, 0.4) is 0 Å². The predicted octanol–water partition coefficient (Wildman–Crippen LogP) is 4.51. The molecule has 0 heterocycles. The second kappa shape index (κ2) is 10.5. The van der Waals surface area contributed by atoms with Gasteiger partial charge in [-0.15, -0.1) is 0 Å². The minimum Gasteiger partial charge on any atom is -0.312 e. The molecule has 92 valence electrons. The smallest absolute Gasteiger partial charge is 0.00693 e. The van der Waals surface area contributed by atoms with E-state index in [1.807, 2.05) is 0 Å². The molecule has 1 nitrogen and oxygen atoms in total. The zero-order chi connectivity index (χ0) is 11.5. The third-order valence-corrected chi connectivity index (χ3v) is 3.04. The molecular formula is C14H31N. The van der Waals surface area contributed by atoms with E-state index in [1.54, 1.807) is 0 Å². The van der Waals surface area contributed by atoms with E-state index in [-0.39, 0.29) is 0 Å². The Bertz CT molecular complexity index is 117. The Morgan fingerprint density at radius 3 is 1.87 bits per heavy atom. The molecule has 0 rings (SSSR count). The first kappa shape index (κ1) is 15.0. The van der Waals surface area contributed by atoms with Gasteiger partial charge in [-0.25, -0.2) is 0 Å². The van der Waals surface area contributed by atoms with Gasteiger partial charge in [0.25, 0.3) is 0 Å². The van der Waals surface area contributed by atoms with Crippen molar-refractivity contribution >= 4 is 0 Å². The molecule has 1 atom stereocenters. The molecule has 15 heavy (non-hydrogen) atoms. The Kier molecular flexibility index (Phi) is 10.4. The summed E-state index contributed by atoms with van der Waals surface area (Å²) in [4.78, 5) is 0. The zero-order valence-corrected chi connectivity index (χ0v) is 11.3. The molecule has 0 saturated carbocycles. The van der Waals surface area contributed by atoms with Crippen LogP contribution in [0.1, 0.15) is 79.1 Å². The van der Waals surface area contributed by atoms with Crippen LogP contribution < -0.4 is 5.32 Å². The maximum Gasteiger partial charge on any atom is 0.00693 e. The lowest BCUT2D eigenvalue weighted by atomic mass is 10.0. The summed E-state index contributed by atoms with van der Waals surface area (Å²) in [6.07, 6.45) is 10.7. The fraction of sp³-hybridized carbons (Fsp3) is 1.00. The largest absolute Gasteiger partial charge is 0.312 e. The molecule has 0 aliphatic rings. The van der Waals surface area contributed by atoms with Crippen molar-refractivity contribution in [2.75, 3.05) is 0 Å². The summed E-state index contributed by atoms with van der Waals surface area (Å²) in [5.41, 5.74) is 0. The van der Waals surface area contributed by atoms with Crippen LogP contribution in [-0.4, -0.2) is 12.1 Å². The van der Waals surface area contributed by atoms with Crippen molar-refractivity contribution in [3.05, 3.63) is 0 Å². The number of nitrogens with one attached hydrogen (secondary N) is 1. The van der Waals surface area contributed by atoms with Gasteiger partial charge < -0.3 is 5.32 Å². The topological polar surface area (TPSA) is 12.0 Å². The first-order valence-electron chi connectivity index (χ1n) is 7.00. The molecular weight excluding hydrogens is 182 g/mol. The molecule has 0 aromatic carbocycles. The van der Waals surface area contributed by atoms with Crippen LogP contribution in [0.5, 0.6) is 0 Å². The quantitative estimate of drug-likeness (QED) is 0.526. The molecule has 0 amide bonds. The molecule has 0 bridgehead atoms. The molecule has 1 unspecified atom stereocenters. The van der Waals surface area contributed by atoms with Crippen LogP contribution in [0.4, 0.5) is 0 Å². The van der Waals surface area contributed by atoms with Gasteiger partial charge >= 0.3 is 0 Å². The molecule has 0 saturated heterocycles. The molecule has 1 N–H and O–H groups in total. The fourth-order valence-corrected chi connectivity index (χ4v) is 2.19. The van der Waals surface area contributed by atoms with Gasteiger partial charge in [0.1, 0.15) is 0 Å². The summed E-state index contributed by atoms with van der Waals surface area (Å²) >= 11 is 0. The SMILES string of the molecule is CCCCCC(C)NC(CCC)CCC. The lowest BCUT2D eigenvalue weighted by Gasteiger charge is -2.22. The lowest BCUT2D eigenvalue weighted by Crippen LogP contribution is -2.36. The third-order valence-electron chi connectivity index (χ3n) is 3.04. The van der Waals surface area contributed by atoms with Crippen LogP contribution in [0, 0.1) is 0 Å². The monoisotopic (exact) mass is 213 g/mol. The van der Waals surface area contributed by atoms with Crippen LogP contribution in [-0.2, 0) is 0 Å². The van der Waals surface area contributed by atoms with Gasteiger partial charge in [0.05, 0.1) is 0 Å². The summed E-state index contributed by atoms with van der Waals surface area (Å²) in [5.74, 6) is 0. The van der Waals surface area contributed by atoms with E-state index < -0.39 is 0 Å². The second-order valence-electron chi connectivity index (χ2n) is 4.84. The highest BCUT2D eigenvalue weighted by atomic mass is 14.9. The Balaban J connectivity index is 3.62. The standard InChI is InChI=1S/C14H31N/c1-5-8-9-12-13(4)15-14(10-6-2)11-7-3/h13-15H,5-12H2,1-4H3. The average Bonchev–Trinajstić information content (AvgIpc) is 2.19. The van der Waals surface area contributed by atoms with E-state index in [1.165, 1.54) is 51.4 Å². The summed E-state index contributed by atoms with van der Waals surface area (Å²) < 4.78 is 0. The third kappa shape index (κ3) is 8.92. The molecule has 0 spiro atoms. The van der Waals surface area contributed by atoms with Gasteiger partial charge in [-0.05, 0) is 26.2 Å². The van der Waals surface area contributed by atoms with Crippen molar-refractivity contribution in [2.45, 2.75) is 91.1 Å². The van der Waals surface area contributed by atoms with Crippen molar-refractivity contribution in [1.29, 1.82) is 0 Å². The lowest BCUT2D eigenvalue weighted by molar-refractivity contribution is 0.377. The van der Waals surface area contributed by atoms with Crippen molar-refractivity contribution < 1.29 is 0 Å². The molecule has 0 aromatic rings. The summed E-state index contributed by atoms with van der Waals surface area (Å²) in [5, 5.41) is 3.78. The molecule has 0 fully saturated rings. The summed E-state index contributed by atoms with van der Waals surface area (Å²) in [6.45, 7) is 9.18. The van der Waals surface area contributed by atoms with Crippen LogP contribution in [0.15, 0.2) is 0 Å². The van der Waals surface area contributed by atoms with E-state index >= 15 is 0 Å². The van der Waals surface area contributed by atoms with Gasteiger partial charge in [0.15, 0.2) is 0 Å². The van der Waals surface area contributed by atoms with Crippen molar-refractivity contribution in [1.82, 2.24) is 5.32 Å². The molecule has 1 heteroatoms. The van der Waals surface area contributed by atoms with Crippen LogP contribution in [0.25, 0.3) is 0 Å². The number of hydrogen-bond donors (Lipinski definition) is 1. The Morgan fingerprint density at radius 1 is 0.800 bits per heavy atom. The van der Waals surface area contributed by atoms with Gasteiger partial charge in [-0.3, -0.25) is 0 Å². The van der Waals surface area contributed by atoms with E-state index in [9.17, 15) is 0 Å². The summed E-state index contributed by atoms with van der Waals surface area (Å²) in [7, 11) is 0. The second-order valence-corrected chi connectivity index (χ2v) is 4.84. The van der Waals surface area contributed by atoms with Gasteiger partial charge in [-0.2, -0.15) is 0 Å². The maximum absolute atomic E-state index is 3.78. The van der Waals surface area contributed by atoms with Gasteiger partial charge in [0.2, 0.25) is 0 Å². The van der Waals surface area contributed by atoms with Crippen molar-refractivity contribution in [3.63, 3.8) is 0 Å². The first-order chi connectivity index (χ1) is 7.24. The minimum absolute atomic E-state index is 0.708. The maximum atomic E-state index is 3.78. The average molecular weight is 213 g/mol. The van der Waals surface area contributed by atoms with E-state index in [4.69, 9.17) is 0 Å². The van der Waals surface area contributed by atoms with Crippen molar-refractivity contribution in [2.24, 2.45) is 0 Å². The number of hydrogen-bond acceptors (Lipinski definition) is 1.